The molecule has 0 N–H and O–H groups in total. The predicted octanol–water partition coefficient (Wildman–Crippen LogP) is 4.69. The molecule has 96 valence electrons. The molecule has 0 spiro atoms. The van der Waals surface area contributed by atoms with Gasteiger partial charge in [-0.2, -0.15) is 0 Å². The summed E-state index contributed by atoms with van der Waals surface area (Å²) in [6, 6.07) is 11.6. The SMILES string of the molecule is O=CCCn1c2ccc(Cl)cc2c2cc(Cl)ccc21. The van der Waals surface area contributed by atoms with Crippen LogP contribution in [0, 0.1) is 0 Å². The number of fused-ring (bicyclic) bond motifs is 3. The minimum atomic E-state index is 0.490. The Hall–Kier alpha value is -1.51. The van der Waals surface area contributed by atoms with Crippen LogP contribution >= 0.6 is 23.2 Å². The van der Waals surface area contributed by atoms with Gasteiger partial charge in [-0.1, -0.05) is 23.2 Å². The summed E-state index contributed by atoms with van der Waals surface area (Å²) in [4.78, 5) is 10.6. The van der Waals surface area contributed by atoms with Gasteiger partial charge in [-0.15, -0.1) is 0 Å². The summed E-state index contributed by atoms with van der Waals surface area (Å²) < 4.78 is 2.13. The summed E-state index contributed by atoms with van der Waals surface area (Å²) in [5, 5.41) is 3.52. The molecule has 4 heteroatoms. The Balaban J connectivity index is 2.39. The molecule has 0 aliphatic rings. The third-order valence-electron chi connectivity index (χ3n) is 3.26. The van der Waals surface area contributed by atoms with Crippen molar-refractivity contribution in [2.45, 2.75) is 13.0 Å². The summed E-state index contributed by atoms with van der Waals surface area (Å²) in [5.41, 5.74) is 2.15. The van der Waals surface area contributed by atoms with Gasteiger partial charge in [0.05, 0.1) is 0 Å². The van der Waals surface area contributed by atoms with E-state index in [0.29, 0.717) is 23.0 Å². The Bertz CT molecular complexity index is 717. The fraction of sp³-hybridized carbons (Fsp3) is 0.133. The van der Waals surface area contributed by atoms with Gasteiger partial charge in [0, 0.05) is 44.8 Å². The molecule has 0 atom stereocenters. The highest BCUT2D eigenvalue weighted by atomic mass is 35.5. The molecule has 0 radical (unpaired) electrons. The van der Waals surface area contributed by atoms with Crippen LogP contribution in [0.1, 0.15) is 6.42 Å². The maximum atomic E-state index is 10.6. The number of hydrogen-bond donors (Lipinski definition) is 0. The monoisotopic (exact) mass is 291 g/mol. The number of halogens is 2. The van der Waals surface area contributed by atoms with Gasteiger partial charge in [-0.3, -0.25) is 0 Å². The largest absolute Gasteiger partial charge is 0.340 e. The van der Waals surface area contributed by atoms with Crippen molar-refractivity contribution in [1.82, 2.24) is 4.57 Å². The topological polar surface area (TPSA) is 22.0 Å². The molecular formula is C15H11Cl2NO. The van der Waals surface area contributed by atoms with E-state index in [9.17, 15) is 4.79 Å². The zero-order chi connectivity index (χ0) is 13.4. The van der Waals surface area contributed by atoms with E-state index in [4.69, 9.17) is 23.2 Å². The molecule has 0 aliphatic carbocycles. The average molecular weight is 292 g/mol. The lowest BCUT2D eigenvalue weighted by molar-refractivity contribution is -0.108. The fourth-order valence-electron chi connectivity index (χ4n) is 2.47. The summed E-state index contributed by atoms with van der Waals surface area (Å²) >= 11 is 12.1. The van der Waals surface area contributed by atoms with Crippen LogP contribution in [0.5, 0.6) is 0 Å². The van der Waals surface area contributed by atoms with E-state index in [1.54, 1.807) is 0 Å². The van der Waals surface area contributed by atoms with Crippen molar-refractivity contribution in [2.75, 3.05) is 0 Å². The molecule has 0 saturated carbocycles. The normalized spacial score (nSPS) is 11.3. The lowest BCUT2D eigenvalue weighted by atomic mass is 10.1. The highest BCUT2D eigenvalue weighted by Crippen LogP contribution is 2.32. The Labute approximate surface area is 120 Å². The molecule has 0 saturated heterocycles. The minimum Gasteiger partial charge on any atom is -0.340 e. The molecule has 3 rings (SSSR count). The number of aryl methyl sites for hydroxylation is 1. The molecule has 1 heterocycles. The number of aromatic nitrogens is 1. The second kappa shape index (κ2) is 4.87. The zero-order valence-corrected chi connectivity index (χ0v) is 11.6. The molecule has 1 aromatic heterocycles. The number of rotatable bonds is 3. The molecule has 2 nitrogen and oxygen atoms in total. The van der Waals surface area contributed by atoms with Gasteiger partial charge in [0.1, 0.15) is 6.29 Å². The quantitative estimate of drug-likeness (QED) is 0.642. The minimum absolute atomic E-state index is 0.490. The first-order valence-corrected chi connectivity index (χ1v) is 6.77. The van der Waals surface area contributed by atoms with E-state index in [0.717, 1.165) is 28.1 Å². The predicted molar refractivity (Wildman–Crippen MR) is 80.1 cm³/mol. The third-order valence-corrected chi connectivity index (χ3v) is 3.73. The molecule has 0 bridgehead atoms. The number of nitrogens with zero attached hydrogens (tertiary/aromatic N) is 1. The van der Waals surface area contributed by atoms with Crippen LogP contribution in [0.15, 0.2) is 36.4 Å². The van der Waals surface area contributed by atoms with Crippen LogP contribution in [-0.2, 0) is 11.3 Å². The standard InChI is InChI=1S/C15H11Cl2NO/c16-10-2-4-14-12(8-10)13-9-11(17)3-5-15(13)18(14)6-1-7-19/h2-5,7-9H,1,6H2. The van der Waals surface area contributed by atoms with Gasteiger partial charge in [0.25, 0.3) is 0 Å². The molecule has 0 fully saturated rings. The van der Waals surface area contributed by atoms with Crippen LogP contribution < -0.4 is 0 Å². The van der Waals surface area contributed by atoms with Crippen molar-refractivity contribution in [3.8, 4) is 0 Å². The highest BCUT2D eigenvalue weighted by Gasteiger charge is 2.11. The van der Waals surface area contributed by atoms with Gasteiger partial charge in [-0.05, 0) is 36.4 Å². The van der Waals surface area contributed by atoms with Gasteiger partial charge < -0.3 is 9.36 Å². The smallest absolute Gasteiger partial charge is 0.121 e. The molecular weight excluding hydrogens is 281 g/mol. The van der Waals surface area contributed by atoms with E-state index in [1.165, 1.54) is 0 Å². The second-order valence-electron chi connectivity index (χ2n) is 4.43. The number of carbonyl (C=O) groups is 1. The molecule has 19 heavy (non-hydrogen) atoms. The van der Waals surface area contributed by atoms with Gasteiger partial charge in [-0.25, -0.2) is 0 Å². The maximum absolute atomic E-state index is 10.6. The summed E-state index contributed by atoms with van der Waals surface area (Å²) in [6.45, 7) is 0.659. The first-order valence-electron chi connectivity index (χ1n) is 6.01. The van der Waals surface area contributed by atoms with Crippen molar-refractivity contribution in [3.63, 3.8) is 0 Å². The Morgan fingerprint density at radius 1 is 0.947 bits per heavy atom. The highest BCUT2D eigenvalue weighted by molar-refractivity contribution is 6.33. The van der Waals surface area contributed by atoms with Crippen molar-refractivity contribution < 1.29 is 4.79 Å². The molecule has 0 amide bonds. The van der Waals surface area contributed by atoms with Crippen LogP contribution in [0.25, 0.3) is 21.8 Å². The zero-order valence-electron chi connectivity index (χ0n) is 10.1. The van der Waals surface area contributed by atoms with E-state index in [2.05, 4.69) is 4.57 Å². The van der Waals surface area contributed by atoms with Gasteiger partial charge >= 0.3 is 0 Å². The fourth-order valence-corrected chi connectivity index (χ4v) is 2.82. The molecule has 0 unspecified atom stereocenters. The van der Waals surface area contributed by atoms with E-state index >= 15 is 0 Å². The van der Waals surface area contributed by atoms with Crippen LogP contribution in [0.2, 0.25) is 10.0 Å². The average Bonchev–Trinajstić information content (AvgIpc) is 2.69. The summed E-state index contributed by atoms with van der Waals surface area (Å²) in [6.07, 6.45) is 1.42. The molecule has 0 aliphatic heterocycles. The first-order chi connectivity index (χ1) is 9.20. The molecule has 2 aromatic carbocycles. The van der Waals surface area contributed by atoms with Crippen molar-refractivity contribution in [1.29, 1.82) is 0 Å². The number of aldehydes is 1. The van der Waals surface area contributed by atoms with Crippen molar-refractivity contribution in [2.24, 2.45) is 0 Å². The van der Waals surface area contributed by atoms with Crippen molar-refractivity contribution >= 4 is 51.3 Å². The van der Waals surface area contributed by atoms with Crippen LogP contribution in [0.4, 0.5) is 0 Å². The second-order valence-corrected chi connectivity index (χ2v) is 5.30. The Morgan fingerprint density at radius 3 is 1.95 bits per heavy atom. The molecule has 3 aromatic rings. The lowest BCUT2D eigenvalue weighted by Crippen LogP contribution is -1.97. The maximum Gasteiger partial charge on any atom is 0.121 e. The van der Waals surface area contributed by atoms with Gasteiger partial charge in [0.15, 0.2) is 0 Å². The van der Waals surface area contributed by atoms with E-state index < -0.39 is 0 Å². The summed E-state index contributed by atoms with van der Waals surface area (Å²) in [7, 11) is 0. The first kappa shape index (κ1) is 12.5. The van der Waals surface area contributed by atoms with Gasteiger partial charge in [0.2, 0.25) is 0 Å². The number of benzene rings is 2. The Kier molecular flexibility index (Phi) is 3.21. The third kappa shape index (κ3) is 2.11. The van der Waals surface area contributed by atoms with Crippen molar-refractivity contribution in [3.05, 3.63) is 46.4 Å². The summed E-state index contributed by atoms with van der Waals surface area (Å²) in [5.74, 6) is 0. The van der Waals surface area contributed by atoms with E-state index in [-0.39, 0.29) is 0 Å². The van der Waals surface area contributed by atoms with Crippen LogP contribution in [0.3, 0.4) is 0 Å². The Morgan fingerprint density at radius 2 is 1.47 bits per heavy atom. The van der Waals surface area contributed by atoms with E-state index in [1.807, 2.05) is 36.4 Å². The number of hydrogen-bond acceptors (Lipinski definition) is 1. The van der Waals surface area contributed by atoms with Crippen LogP contribution in [-0.4, -0.2) is 10.9 Å². The number of carbonyl (C=O) groups excluding carboxylic acids is 1. The lowest BCUT2D eigenvalue weighted by Gasteiger charge is -2.04.